The van der Waals surface area contributed by atoms with Crippen LogP contribution in [0.4, 0.5) is 18.0 Å². The molecule has 1 fully saturated rings. The molecule has 0 heterocycles. The lowest BCUT2D eigenvalue weighted by Crippen LogP contribution is -2.58. The number of amides is 4. The summed E-state index contributed by atoms with van der Waals surface area (Å²) in [6.07, 6.45) is -4.15. The second kappa shape index (κ2) is 12.4. The van der Waals surface area contributed by atoms with Crippen molar-refractivity contribution in [1.29, 1.82) is 0 Å². The van der Waals surface area contributed by atoms with Gasteiger partial charge in [0.25, 0.3) is 11.8 Å². The summed E-state index contributed by atoms with van der Waals surface area (Å²) in [5.41, 5.74) is -1.15. The van der Waals surface area contributed by atoms with E-state index in [0.717, 1.165) is 18.4 Å². The average molecular weight is 585 g/mol. The molecule has 0 aromatic heterocycles. The molecule has 0 bridgehead atoms. The molecule has 2 aromatic carbocycles. The summed E-state index contributed by atoms with van der Waals surface area (Å²) < 4.78 is 62.1. The predicted octanol–water partition coefficient (Wildman–Crippen LogP) is 1.94. The van der Waals surface area contributed by atoms with E-state index in [-0.39, 0.29) is 28.9 Å². The first-order valence-electron chi connectivity index (χ1n) is 12.0. The van der Waals surface area contributed by atoms with Crippen molar-refractivity contribution >= 4 is 33.7 Å². The largest absolute Gasteiger partial charge is 0.465 e. The summed E-state index contributed by atoms with van der Waals surface area (Å²) in [5, 5.41) is 19.0. The van der Waals surface area contributed by atoms with Crippen molar-refractivity contribution in [2.75, 3.05) is 12.8 Å². The Hall–Kier alpha value is -4.14. The summed E-state index contributed by atoms with van der Waals surface area (Å²) >= 11 is 0. The van der Waals surface area contributed by atoms with Crippen LogP contribution < -0.4 is 21.3 Å². The zero-order valence-corrected chi connectivity index (χ0v) is 21.9. The first-order chi connectivity index (χ1) is 18.6. The van der Waals surface area contributed by atoms with E-state index < -0.39 is 70.1 Å². The van der Waals surface area contributed by atoms with Crippen molar-refractivity contribution in [1.82, 2.24) is 21.3 Å². The van der Waals surface area contributed by atoms with E-state index in [1.165, 1.54) is 30.3 Å². The van der Waals surface area contributed by atoms with Crippen molar-refractivity contribution in [2.24, 2.45) is 0 Å². The smallest absolute Gasteiger partial charge is 0.416 e. The van der Waals surface area contributed by atoms with E-state index in [4.69, 9.17) is 5.11 Å². The molecule has 5 N–H and O–H groups in total. The van der Waals surface area contributed by atoms with Gasteiger partial charge in [0.2, 0.25) is 5.91 Å². The Morgan fingerprint density at radius 2 is 1.57 bits per heavy atom. The monoisotopic (exact) mass is 584 g/mol. The third-order valence-corrected chi connectivity index (χ3v) is 7.38. The van der Waals surface area contributed by atoms with Crippen LogP contribution in [0.1, 0.15) is 45.5 Å². The van der Waals surface area contributed by atoms with Gasteiger partial charge in [-0.25, -0.2) is 13.2 Å². The van der Waals surface area contributed by atoms with Gasteiger partial charge in [-0.1, -0.05) is 6.07 Å². The Morgan fingerprint density at radius 3 is 2.17 bits per heavy atom. The van der Waals surface area contributed by atoms with Crippen molar-refractivity contribution in [3.63, 3.8) is 0 Å². The number of hydrogen-bond acceptors (Lipinski definition) is 6. The van der Waals surface area contributed by atoms with Crippen LogP contribution in [0.15, 0.2) is 53.4 Å². The second-order valence-corrected chi connectivity index (χ2v) is 11.3. The van der Waals surface area contributed by atoms with Gasteiger partial charge >= 0.3 is 12.3 Å². The van der Waals surface area contributed by atoms with Crippen LogP contribution in [0.5, 0.6) is 0 Å². The van der Waals surface area contributed by atoms with Gasteiger partial charge in [-0.05, 0) is 61.7 Å². The zero-order chi connectivity index (χ0) is 29.7. The van der Waals surface area contributed by atoms with E-state index in [1.54, 1.807) is 0 Å². The molecule has 1 aliphatic carbocycles. The molecular formula is C25H27F3N4O7S. The molecule has 40 heavy (non-hydrogen) atoms. The van der Waals surface area contributed by atoms with Crippen LogP contribution in [-0.2, 0) is 20.8 Å². The molecule has 3 rings (SSSR count). The van der Waals surface area contributed by atoms with Crippen LogP contribution in [0.2, 0.25) is 0 Å². The molecule has 1 aliphatic rings. The number of carboxylic acid groups (broad SMARTS) is 1. The molecule has 4 amide bonds. The highest BCUT2D eigenvalue weighted by Gasteiger charge is 2.34. The maximum Gasteiger partial charge on any atom is 0.416 e. The van der Waals surface area contributed by atoms with Gasteiger partial charge < -0.3 is 26.4 Å². The normalized spacial score (nSPS) is 19.2. The van der Waals surface area contributed by atoms with Gasteiger partial charge in [0.15, 0.2) is 9.84 Å². The van der Waals surface area contributed by atoms with Gasteiger partial charge in [0.05, 0.1) is 23.0 Å². The lowest BCUT2D eigenvalue weighted by molar-refractivity contribution is -0.137. The average Bonchev–Trinajstić information content (AvgIpc) is 2.87. The highest BCUT2D eigenvalue weighted by Crippen LogP contribution is 2.29. The summed E-state index contributed by atoms with van der Waals surface area (Å²) in [6.45, 7) is -0.587. The van der Waals surface area contributed by atoms with E-state index in [0.29, 0.717) is 12.5 Å². The molecule has 1 saturated carbocycles. The van der Waals surface area contributed by atoms with Gasteiger partial charge in [-0.2, -0.15) is 13.2 Å². The van der Waals surface area contributed by atoms with Gasteiger partial charge in [0.1, 0.15) is 0 Å². The minimum atomic E-state index is -4.65. The number of carbonyl (C=O) groups is 4. The molecule has 0 aliphatic heterocycles. The molecule has 3 unspecified atom stereocenters. The fourth-order valence-electron chi connectivity index (χ4n) is 4.27. The Morgan fingerprint density at radius 1 is 0.900 bits per heavy atom. The predicted molar refractivity (Wildman–Crippen MR) is 135 cm³/mol. The first-order valence-corrected chi connectivity index (χ1v) is 13.9. The standard InChI is InChI=1S/C25H27F3N4O7S/c1-40(38,39)18-8-5-14(6-9-18)23(35)32-19-10-7-17(30-24(36)37)12-20(19)31-21(33)13-29-22(34)15-3-2-4-16(11-15)25(26,27)28/h2-6,8-9,11,17,19-20,30H,7,10,12-13H2,1H3,(H,29,34)(H,31,33)(H,32,35)(H,36,37). The number of rotatable bonds is 8. The minimum absolute atomic E-state index is 0.0293. The molecule has 0 radical (unpaired) electrons. The van der Waals surface area contributed by atoms with Crippen LogP contribution in [-0.4, -0.2) is 68.3 Å². The van der Waals surface area contributed by atoms with Gasteiger partial charge in [-0.15, -0.1) is 0 Å². The number of halogens is 3. The van der Waals surface area contributed by atoms with Crippen LogP contribution >= 0.6 is 0 Å². The SMILES string of the molecule is CS(=O)(=O)c1ccc(C(=O)NC2CCC(NC(=O)O)CC2NC(=O)CNC(=O)c2cccc(C(F)(F)F)c2)cc1. The molecule has 0 spiro atoms. The fraction of sp³-hybridized carbons (Fsp3) is 0.360. The first kappa shape index (κ1) is 30.4. The Balaban J connectivity index is 1.66. The summed E-state index contributed by atoms with van der Waals surface area (Å²) in [5.74, 6) is -2.16. The van der Waals surface area contributed by atoms with E-state index in [9.17, 15) is 40.8 Å². The fourth-order valence-corrected chi connectivity index (χ4v) is 4.90. The molecule has 3 atom stereocenters. The summed E-state index contributed by atoms with van der Waals surface area (Å²) in [7, 11) is -3.46. The van der Waals surface area contributed by atoms with Crippen molar-refractivity contribution < 1.29 is 45.9 Å². The lowest BCUT2D eigenvalue weighted by atomic mass is 9.86. The highest BCUT2D eigenvalue weighted by molar-refractivity contribution is 7.90. The number of alkyl halides is 3. The Labute approximate surface area is 227 Å². The molecule has 2 aromatic rings. The van der Waals surface area contributed by atoms with Crippen molar-refractivity contribution in [3.05, 3.63) is 65.2 Å². The number of hydrogen-bond donors (Lipinski definition) is 5. The molecular weight excluding hydrogens is 557 g/mol. The van der Waals surface area contributed by atoms with E-state index in [1.807, 2.05) is 0 Å². The van der Waals surface area contributed by atoms with Crippen LogP contribution in [0.3, 0.4) is 0 Å². The highest BCUT2D eigenvalue weighted by atomic mass is 32.2. The second-order valence-electron chi connectivity index (χ2n) is 9.27. The van der Waals surface area contributed by atoms with Crippen molar-refractivity contribution in [2.45, 2.75) is 48.5 Å². The van der Waals surface area contributed by atoms with Gasteiger partial charge in [0, 0.05) is 29.5 Å². The number of sulfone groups is 1. The zero-order valence-electron chi connectivity index (χ0n) is 21.1. The molecule has 15 heteroatoms. The summed E-state index contributed by atoms with van der Waals surface area (Å²) in [6, 6.07) is 6.99. The van der Waals surface area contributed by atoms with Crippen LogP contribution in [0, 0.1) is 0 Å². The van der Waals surface area contributed by atoms with Crippen molar-refractivity contribution in [3.8, 4) is 0 Å². The Kier molecular flexibility index (Phi) is 9.40. The maximum atomic E-state index is 12.9. The summed E-state index contributed by atoms with van der Waals surface area (Å²) in [4.78, 5) is 48.9. The quantitative estimate of drug-likeness (QED) is 0.316. The molecule has 0 saturated heterocycles. The maximum absolute atomic E-state index is 12.9. The van der Waals surface area contributed by atoms with E-state index in [2.05, 4.69) is 21.3 Å². The molecule has 216 valence electrons. The third kappa shape index (κ3) is 8.43. The number of benzene rings is 2. The molecule has 11 nitrogen and oxygen atoms in total. The van der Waals surface area contributed by atoms with Gasteiger partial charge in [-0.3, -0.25) is 14.4 Å². The van der Waals surface area contributed by atoms with Crippen LogP contribution in [0.25, 0.3) is 0 Å². The lowest BCUT2D eigenvalue weighted by Gasteiger charge is -2.37. The number of carbonyl (C=O) groups excluding carboxylic acids is 3. The third-order valence-electron chi connectivity index (χ3n) is 6.25. The minimum Gasteiger partial charge on any atom is -0.465 e. The Bertz CT molecular complexity index is 1380. The number of nitrogens with one attached hydrogen (secondary N) is 4. The topological polar surface area (TPSA) is 171 Å². The van der Waals surface area contributed by atoms with E-state index >= 15 is 0 Å².